The number of rotatable bonds is 29. The van der Waals surface area contributed by atoms with Gasteiger partial charge in [0.1, 0.15) is 28.7 Å². The first-order chi connectivity index (χ1) is 42.8. The Hall–Kier alpha value is -9.24. The highest BCUT2D eigenvalue weighted by Crippen LogP contribution is 2.34. The molecule has 0 aromatic heterocycles. The Bertz CT molecular complexity index is 3630. The minimum absolute atomic E-state index is 0.0158. The van der Waals surface area contributed by atoms with E-state index in [2.05, 4.69) is 16.0 Å². The zero-order chi connectivity index (χ0) is 66.1. The third-order valence-electron chi connectivity index (χ3n) is 14.6. The van der Waals surface area contributed by atoms with Crippen LogP contribution in [0.2, 0.25) is 0 Å². The van der Waals surface area contributed by atoms with Crippen LogP contribution in [0.4, 0.5) is 21.9 Å². The lowest BCUT2D eigenvalue weighted by molar-refractivity contribution is -0.151. The molecular formula is C65H75N5O19S. The SMILES string of the molecule is CCOC1C(=O)N(C(C(=O)Nc2cc(C)ccc2OC)C(=O)C(C)(CO)CO)C(=O)N1Cc1ccccc1.COc1ccc(NC(=O)CCCOc2ccc(C)cc2C)c(NC(=O)C(Oc2ccc(S(=O)(=O)c3ccc(O)cc3)cc2)C(=O)C(C)(CO)CO)c1. The molecule has 0 bridgehead atoms. The summed E-state index contributed by atoms with van der Waals surface area (Å²) in [5, 5.41) is 57.2. The number of Topliss-reactive ketones (excluding diaryl/α,β-unsaturated/α-hetero) is 2. The van der Waals surface area contributed by atoms with E-state index in [1.165, 1.54) is 88.7 Å². The number of hydrogen-bond donors (Lipinski definition) is 8. The molecule has 1 aliphatic heterocycles. The molecule has 8 N–H and O–H groups in total. The van der Waals surface area contributed by atoms with Crippen molar-refractivity contribution in [1.29, 1.82) is 0 Å². The average Bonchev–Trinajstić information content (AvgIpc) is 1.58. The van der Waals surface area contributed by atoms with Crippen LogP contribution in [0.25, 0.3) is 0 Å². The minimum Gasteiger partial charge on any atom is -0.508 e. The molecule has 90 heavy (non-hydrogen) atoms. The fourth-order valence-electron chi connectivity index (χ4n) is 9.08. The number of carbonyl (C=O) groups excluding carboxylic acids is 7. The predicted molar refractivity (Wildman–Crippen MR) is 330 cm³/mol. The Morgan fingerprint density at radius 2 is 1.20 bits per heavy atom. The number of nitrogens with zero attached hydrogens (tertiary/aromatic N) is 2. The van der Waals surface area contributed by atoms with Gasteiger partial charge in [0.25, 0.3) is 17.7 Å². The molecule has 1 fully saturated rings. The quantitative estimate of drug-likeness (QED) is 0.0145. The first kappa shape index (κ1) is 69.9. The molecule has 6 aromatic carbocycles. The number of phenolic OH excluding ortho intramolecular Hbond substituents is 1. The number of ether oxygens (including phenoxy) is 5. The molecule has 0 aliphatic carbocycles. The van der Waals surface area contributed by atoms with Gasteiger partial charge in [0, 0.05) is 19.1 Å². The van der Waals surface area contributed by atoms with Crippen LogP contribution >= 0.6 is 0 Å². The van der Waals surface area contributed by atoms with Crippen LogP contribution in [-0.2, 0) is 49.9 Å². The monoisotopic (exact) mass is 1260 g/mol. The number of aliphatic hydroxyl groups is 4. The van der Waals surface area contributed by atoms with E-state index in [0.29, 0.717) is 35.0 Å². The van der Waals surface area contributed by atoms with Gasteiger partial charge < -0.3 is 65.2 Å². The Morgan fingerprint density at radius 1 is 0.633 bits per heavy atom. The summed E-state index contributed by atoms with van der Waals surface area (Å²) in [4.78, 5) is 96.4. The second-order valence-electron chi connectivity index (χ2n) is 21.6. The second-order valence-corrected chi connectivity index (χ2v) is 23.6. The van der Waals surface area contributed by atoms with Gasteiger partial charge in [-0.15, -0.1) is 0 Å². The zero-order valence-electron chi connectivity index (χ0n) is 51.1. The van der Waals surface area contributed by atoms with E-state index in [9.17, 15) is 67.5 Å². The highest BCUT2D eigenvalue weighted by atomic mass is 32.2. The summed E-state index contributed by atoms with van der Waals surface area (Å²) >= 11 is 0. The van der Waals surface area contributed by atoms with Gasteiger partial charge in [-0.1, -0.05) is 54.1 Å². The van der Waals surface area contributed by atoms with Crippen molar-refractivity contribution < 1.29 is 91.2 Å². The molecule has 6 amide bonds. The number of benzene rings is 6. The van der Waals surface area contributed by atoms with Crippen molar-refractivity contribution in [2.24, 2.45) is 10.8 Å². The molecule has 0 radical (unpaired) electrons. The maximum absolute atomic E-state index is 13.8. The van der Waals surface area contributed by atoms with Crippen molar-refractivity contribution in [3.05, 3.63) is 156 Å². The lowest BCUT2D eigenvalue weighted by Gasteiger charge is -2.31. The molecule has 3 atom stereocenters. The van der Waals surface area contributed by atoms with Gasteiger partial charge in [-0.2, -0.15) is 0 Å². The summed E-state index contributed by atoms with van der Waals surface area (Å²) in [5.41, 5.74) is 0.420. The van der Waals surface area contributed by atoms with E-state index in [1.54, 1.807) is 68.4 Å². The van der Waals surface area contributed by atoms with Crippen molar-refractivity contribution in [2.75, 3.05) is 69.8 Å². The van der Waals surface area contributed by atoms with Crippen molar-refractivity contribution in [3.63, 3.8) is 0 Å². The van der Waals surface area contributed by atoms with Gasteiger partial charge in [-0.25, -0.2) is 18.1 Å². The molecule has 480 valence electrons. The number of phenols is 1. The number of imide groups is 1. The second kappa shape index (κ2) is 31.3. The van der Waals surface area contributed by atoms with E-state index in [4.69, 9.17) is 23.7 Å². The number of amides is 6. The maximum Gasteiger partial charge on any atom is 0.330 e. The minimum atomic E-state index is -3.98. The Kier molecular flexibility index (Phi) is 24.3. The number of carbonyl (C=O) groups is 7. The van der Waals surface area contributed by atoms with Gasteiger partial charge >= 0.3 is 6.03 Å². The number of urea groups is 1. The summed E-state index contributed by atoms with van der Waals surface area (Å²) in [5.74, 6) is -4.11. The van der Waals surface area contributed by atoms with E-state index in [-0.39, 0.29) is 63.8 Å². The normalized spacial score (nSPS) is 13.9. The van der Waals surface area contributed by atoms with Crippen LogP contribution in [0, 0.1) is 31.6 Å². The Balaban J connectivity index is 0.000000301. The average molecular weight is 1260 g/mol. The molecule has 3 unspecified atom stereocenters. The van der Waals surface area contributed by atoms with Gasteiger partial charge in [0.2, 0.25) is 28.1 Å². The van der Waals surface area contributed by atoms with Crippen LogP contribution in [0.3, 0.4) is 0 Å². The van der Waals surface area contributed by atoms with Crippen LogP contribution < -0.4 is 34.9 Å². The van der Waals surface area contributed by atoms with Crippen molar-refractivity contribution in [2.45, 2.75) is 89.1 Å². The summed E-state index contributed by atoms with van der Waals surface area (Å²) in [6.45, 7) is 6.96. The van der Waals surface area contributed by atoms with Gasteiger partial charge in [0.05, 0.1) is 91.5 Å². The topological polar surface area (TPSA) is 344 Å². The highest BCUT2D eigenvalue weighted by molar-refractivity contribution is 7.91. The number of hydrogen-bond acceptors (Lipinski definition) is 19. The maximum atomic E-state index is 13.8. The number of ketones is 2. The first-order valence-electron chi connectivity index (χ1n) is 28.4. The molecule has 7 rings (SSSR count). The summed E-state index contributed by atoms with van der Waals surface area (Å²) in [6.07, 6.45) is -2.82. The molecule has 0 saturated carbocycles. The lowest BCUT2D eigenvalue weighted by Crippen LogP contribution is -2.57. The number of sulfone groups is 1. The molecule has 25 heteroatoms. The number of aliphatic hydroxyl groups excluding tert-OH is 4. The summed E-state index contributed by atoms with van der Waals surface area (Å²) < 4.78 is 53.9. The number of nitrogens with one attached hydrogen (secondary N) is 3. The standard InChI is InChI=1S/C38H42N2O11S.C27H33N3O8/c1-24-7-18-33(25(2)20-24)50-19-5-6-34(44)39-31-17-12-28(49-4)21-32(31)40-37(46)35(36(45)38(3,22-41)23-42)51-27-10-15-30(16-11-27)52(47,48)29-13-8-26(43)9-14-29;1-5-38-25-24(35)30(26(36)29(25)14-18-9-7-6-8-10-18)21(22(33)27(3,15-31)16-32)23(34)28-19-13-17(2)11-12-20(19)37-4/h7-18,20-21,35,41-43H,5-6,19,22-23H2,1-4H3,(H,39,44)(H,40,46);6-13,21,25,31-32H,5,14-16H2,1-4H3,(H,28,34). The van der Waals surface area contributed by atoms with Gasteiger partial charge in [-0.05, 0) is 144 Å². The fraction of sp³-hybridized carbons (Fsp3) is 0.338. The number of aromatic hydroxyl groups is 1. The smallest absolute Gasteiger partial charge is 0.330 e. The Labute approximate surface area is 521 Å². The largest absolute Gasteiger partial charge is 0.508 e. The molecule has 1 aliphatic rings. The summed E-state index contributed by atoms with van der Waals surface area (Å²) in [7, 11) is -1.17. The van der Waals surface area contributed by atoms with Crippen molar-refractivity contribution in [3.8, 4) is 28.7 Å². The van der Waals surface area contributed by atoms with Crippen LogP contribution in [0.5, 0.6) is 28.7 Å². The van der Waals surface area contributed by atoms with Gasteiger partial charge in [-0.3, -0.25) is 33.7 Å². The van der Waals surface area contributed by atoms with E-state index in [0.717, 1.165) is 27.3 Å². The third-order valence-corrected chi connectivity index (χ3v) is 16.3. The van der Waals surface area contributed by atoms with Crippen LogP contribution in [0.1, 0.15) is 55.9 Å². The predicted octanol–water partition coefficient (Wildman–Crippen LogP) is 6.29. The molecular weight excluding hydrogens is 1190 g/mol. The number of aryl methyl sites for hydroxylation is 3. The number of anilines is 3. The van der Waals surface area contributed by atoms with Crippen LogP contribution in [-0.4, -0.2) is 157 Å². The lowest BCUT2D eigenvalue weighted by atomic mass is 9.82. The molecule has 24 nitrogen and oxygen atoms in total. The van der Waals surface area contributed by atoms with Crippen molar-refractivity contribution >= 4 is 68.1 Å². The highest BCUT2D eigenvalue weighted by Gasteiger charge is 2.55. The molecule has 0 spiro atoms. The van der Waals surface area contributed by atoms with Gasteiger partial charge in [0.15, 0.2) is 17.6 Å². The number of methoxy groups -OCH3 is 2. The molecule has 6 aromatic rings. The zero-order valence-corrected chi connectivity index (χ0v) is 51.9. The molecule has 1 saturated heterocycles. The van der Waals surface area contributed by atoms with Crippen molar-refractivity contribution in [1.82, 2.24) is 9.80 Å². The van der Waals surface area contributed by atoms with Crippen LogP contribution in [0.15, 0.2) is 143 Å². The fourth-order valence-corrected chi connectivity index (χ4v) is 10.3. The summed E-state index contributed by atoms with van der Waals surface area (Å²) in [6, 6.07) is 31.1. The van der Waals surface area contributed by atoms with E-state index >= 15 is 0 Å². The first-order valence-corrected chi connectivity index (χ1v) is 29.9. The third kappa shape index (κ3) is 16.9. The Morgan fingerprint density at radius 3 is 1.78 bits per heavy atom. The van der Waals surface area contributed by atoms with E-state index in [1.807, 2.05) is 32.0 Å². The van der Waals surface area contributed by atoms with E-state index < -0.39 is 101 Å². The molecule has 1 heterocycles.